The van der Waals surface area contributed by atoms with Gasteiger partial charge in [0.2, 0.25) is 10.0 Å². The van der Waals surface area contributed by atoms with Crippen molar-refractivity contribution in [1.82, 2.24) is 4.31 Å². The molecule has 0 saturated heterocycles. The van der Waals surface area contributed by atoms with Gasteiger partial charge >= 0.3 is 0 Å². The molecule has 0 aromatic heterocycles. The molecule has 1 aromatic carbocycles. The molecule has 0 heterocycles. The SMILES string of the molecule is CC(N(C)S(=O)(=O)c1ccccc1F)C(C)(C)C. The number of hydrogen-bond donors (Lipinski definition) is 0. The van der Waals surface area contributed by atoms with E-state index >= 15 is 0 Å². The summed E-state index contributed by atoms with van der Waals surface area (Å²) in [6.07, 6.45) is 0. The summed E-state index contributed by atoms with van der Waals surface area (Å²) < 4.78 is 39.5. The topological polar surface area (TPSA) is 37.4 Å². The van der Waals surface area contributed by atoms with E-state index in [9.17, 15) is 12.8 Å². The highest BCUT2D eigenvalue weighted by molar-refractivity contribution is 7.89. The van der Waals surface area contributed by atoms with Crippen LogP contribution in [0.5, 0.6) is 0 Å². The smallest absolute Gasteiger partial charge is 0.207 e. The average molecular weight is 273 g/mol. The zero-order valence-corrected chi connectivity index (χ0v) is 12.3. The fourth-order valence-corrected chi connectivity index (χ4v) is 3.17. The fraction of sp³-hybridized carbons (Fsp3) is 0.538. The van der Waals surface area contributed by atoms with Crippen LogP contribution in [0.3, 0.4) is 0 Å². The predicted molar refractivity (Wildman–Crippen MR) is 70.3 cm³/mol. The summed E-state index contributed by atoms with van der Waals surface area (Å²) in [7, 11) is -2.31. The normalized spacial score (nSPS) is 14.8. The lowest BCUT2D eigenvalue weighted by molar-refractivity contribution is 0.216. The molecule has 0 N–H and O–H groups in total. The van der Waals surface area contributed by atoms with E-state index in [0.29, 0.717) is 0 Å². The zero-order chi connectivity index (χ0) is 14.1. The highest BCUT2D eigenvalue weighted by atomic mass is 32.2. The van der Waals surface area contributed by atoms with Gasteiger partial charge in [0.05, 0.1) is 0 Å². The van der Waals surface area contributed by atoms with Crippen LogP contribution in [-0.4, -0.2) is 25.8 Å². The molecule has 0 bridgehead atoms. The number of halogens is 1. The van der Waals surface area contributed by atoms with Gasteiger partial charge in [-0.3, -0.25) is 0 Å². The Balaban J connectivity index is 3.20. The first-order valence-electron chi connectivity index (χ1n) is 5.81. The number of rotatable bonds is 3. The van der Waals surface area contributed by atoms with Crippen LogP contribution in [0, 0.1) is 11.2 Å². The molecule has 0 saturated carbocycles. The molecule has 1 atom stereocenters. The second kappa shape index (κ2) is 4.97. The van der Waals surface area contributed by atoms with Gasteiger partial charge in [-0.1, -0.05) is 32.9 Å². The van der Waals surface area contributed by atoms with E-state index in [0.717, 1.165) is 6.07 Å². The second-order valence-corrected chi connectivity index (χ2v) is 7.46. The molecule has 0 aliphatic heterocycles. The highest BCUT2D eigenvalue weighted by Gasteiger charge is 2.33. The molecular weight excluding hydrogens is 253 g/mol. The molecule has 18 heavy (non-hydrogen) atoms. The molecular formula is C13H20FNO2S. The largest absolute Gasteiger partial charge is 0.245 e. The minimum Gasteiger partial charge on any atom is -0.207 e. The van der Waals surface area contributed by atoms with Gasteiger partial charge in [0.1, 0.15) is 10.7 Å². The van der Waals surface area contributed by atoms with Crippen molar-refractivity contribution in [2.75, 3.05) is 7.05 Å². The molecule has 0 radical (unpaired) electrons. The molecule has 102 valence electrons. The summed E-state index contributed by atoms with van der Waals surface area (Å²) in [6, 6.07) is 5.20. The maximum Gasteiger partial charge on any atom is 0.245 e. The molecule has 1 rings (SSSR count). The van der Waals surface area contributed by atoms with Crippen molar-refractivity contribution in [2.24, 2.45) is 5.41 Å². The van der Waals surface area contributed by atoms with Crippen molar-refractivity contribution < 1.29 is 12.8 Å². The molecule has 0 aliphatic rings. The molecule has 0 spiro atoms. The second-order valence-electron chi connectivity index (χ2n) is 5.49. The van der Waals surface area contributed by atoms with Gasteiger partial charge in [0.25, 0.3) is 0 Å². The van der Waals surface area contributed by atoms with Crippen molar-refractivity contribution in [2.45, 2.75) is 38.6 Å². The third-order valence-corrected chi connectivity index (χ3v) is 5.25. The standard InChI is InChI=1S/C13H20FNO2S/c1-10(13(2,3)4)15(5)18(16,17)12-9-7-6-8-11(12)14/h6-10H,1-5H3. The molecule has 3 nitrogen and oxygen atoms in total. The van der Waals surface area contributed by atoms with Crippen molar-refractivity contribution >= 4 is 10.0 Å². The minimum absolute atomic E-state index is 0.215. The van der Waals surface area contributed by atoms with Crippen LogP contribution < -0.4 is 0 Å². The van der Waals surface area contributed by atoms with Gasteiger partial charge in [-0.2, -0.15) is 4.31 Å². The summed E-state index contributed by atoms with van der Waals surface area (Å²) in [5.74, 6) is -0.717. The summed E-state index contributed by atoms with van der Waals surface area (Å²) in [4.78, 5) is -0.274. The summed E-state index contributed by atoms with van der Waals surface area (Å²) in [5, 5.41) is 0. The van der Waals surface area contributed by atoms with Crippen molar-refractivity contribution in [3.8, 4) is 0 Å². The Kier molecular flexibility index (Phi) is 4.18. The van der Waals surface area contributed by atoms with Gasteiger partial charge < -0.3 is 0 Å². The van der Waals surface area contributed by atoms with E-state index in [1.165, 1.54) is 29.6 Å². The van der Waals surface area contributed by atoms with E-state index in [4.69, 9.17) is 0 Å². The molecule has 1 unspecified atom stereocenters. The fourth-order valence-electron chi connectivity index (χ4n) is 1.56. The lowest BCUT2D eigenvalue weighted by atomic mass is 9.88. The van der Waals surface area contributed by atoms with Crippen LogP contribution in [0.1, 0.15) is 27.7 Å². The van der Waals surface area contributed by atoms with Gasteiger partial charge in [-0.25, -0.2) is 12.8 Å². The molecule has 0 amide bonds. The Morgan fingerprint density at radius 1 is 1.22 bits per heavy atom. The number of benzene rings is 1. The number of hydrogen-bond acceptors (Lipinski definition) is 2. The Bertz CT molecular complexity index is 520. The minimum atomic E-state index is -3.79. The van der Waals surface area contributed by atoms with E-state index < -0.39 is 15.8 Å². The Labute approximate surface area is 109 Å². The van der Waals surface area contributed by atoms with Crippen molar-refractivity contribution in [3.63, 3.8) is 0 Å². The van der Waals surface area contributed by atoms with Gasteiger partial charge in [0.15, 0.2) is 0 Å². The first-order valence-corrected chi connectivity index (χ1v) is 7.25. The maximum absolute atomic E-state index is 13.6. The monoisotopic (exact) mass is 273 g/mol. The summed E-state index contributed by atoms with van der Waals surface area (Å²) in [6.45, 7) is 7.67. The summed E-state index contributed by atoms with van der Waals surface area (Å²) >= 11 is 0. The van der Waals surface area contributed by atoms with Crippen LogP contribution >= 0.6 is 0 Å². The Morgan fingerprint density at radius 3 is 2.17 bits per heavy atom. The third kappa shape index (κ3) is 2.90. The average Bonchev–Trinajstić information content (AvgIpc) is 2.26. The third-order valence-electron chi connectivity index (χ3n) is 3.29. The number of nitrogens with zero attached hydrogens (tertiary/aromatic N) is 1. The number of sulfonamides is 1. The van der Waals surface area contributed by atoms with E-state index in [1.807, 2.05) is 27.7 Å². The Hall–Kier alpha value is -0.940. The van der Waals surface area contributed by atoms with Gasteiger partial charge in [-0.05, 0) is 24.5 Å². The van der Waals surface area contributed by atoms with Crippen LogP contribution in [0.2, 0.25) is 0 Å². The first kappa shape index (κ1) is 15.1. The lowest BCUT2D eigenvalue weighted by Gasteiger charge is -2.34. The maximum atomic E-state index is 13.6. The quantitative estimate of drug-likeness (QED) is 0.849. The lowest BCUT2D eigenvalue weighted by Crippen LogP contribution is -2.43. The van der Waals surface area contributed by atoms with E-state index in [2.05, 4.69) is 0 Å². The molecule has 5 heteroatoms. The summed E-state index contributed by atoms with van der Waals surface area (Å²) in [5.41, 5.74) is -0.215. The molecule has 1 aromatic rings. The van der Waals surface area contributed by atoms with E-state index in [-0.39, 0.29) is 16.4 Å². The van der Waals surface area contributed by atoms with Crippen molar-refractivity contribution in [3.05, 3.63) is 30.1 Å². The van der Waals surface area contributed by atoms with Gasteiger partial charge in [-0.15, -0.1) is 0 Å². The predicted octanol–water partition coefficient (Wildman–Crippen LogP) is 2.88. The van der Waals surface area contributed by atoms with Crippen LogP contribution in [0.15, 0.2) is 29.2 Å². The molecule has 0 aliphatic carbocycles. The Morgan fingerprint density at radius 2 is 1.72 bits per heavy atom. The zero-order valence-electron chi connectivity index (χ0n) is 11.4. The van der Waals surface area contributed by atoms with Crippen LogP contribution in [0.25, 0.3) is 0 Å². The van der Waals surface area contributed by atoms with Crippen LogP contribution in [0.4, 0.5) is 4.39 Å². The van der Waals surface area contributed by atoms with Crippen LogP contribution in [-0.2, 0) is 10.0 Å². The van der Waals surface area contributed by atoms with Gasteiger partial charge in [0, 0.05) is 13.1 Å². The van der Waals surface area contributed by atoms with Crippen molar-refractivity contribution in [1.29, 1.82) is 0 Å². The highest BCUT2D eigenvalue weighted by Crippen LogP contribution is 2.28. The molecule has 0 fully saturated rings. The van der Waals surface area contributed by atoms with E-state index in [1.54, 1.807) is 0 Å². The first-order chi connectivity index (χ1) is 8.08.